The number of hydrogen-bond donors (Lipinski definition) is 4. The molecule has 4 fully saturated rings. The fourth-order valence-corrected chi connectivity index (χ4v) is 11.6. The van der Waals surface area contributed by atoms with Gasteiger partial charge in [0.25, 0.3) is 0 Å². The number of nitrogens with zero attached hydrogens (tertiary/aromatic N) is 1. The molecule has 6 heteroatoms. The second kappa shape index (κ2) is 14.2. The van der Waals surface area contributed by atoms with E-state index < -0.39 is 11.6 Å². The predicted octanol–water partition coefficient (Wildman–Crippen LogP) is 8.41. The van der Waals surface area contributed by atoms with Crippen LogP contribution in [0, 0.1) is 52.3 Å². The number of carboxylic acids is 1. The van der Waals surface area contributed by atoms with Crippen molar-refractivity contribution in [3.05, 3.63) is 18.2 Å². The first-order valence-electron chi connectivity index (χ1n) is 18.6. The Bertz CT molecular complexity index is 1060. The first-order chi connectivity index (χ1) is 21.0. The van der Waals surface area contributed by atoms with E-state index in [-0.39, 0.29) is 17.9 Å². The highest BCUT2D eigenvalue weighted by Crippen LogP contribution is 2.69. The van der Waals surface area contributed by atoms with Crippen molar-refractivity contribution >= 4 is 5.97 Å². The molecule has 4 saturated carbocycles. The maximum Gasteiger partial charge on any atom is 0.303 e. The number of aromatic amines is 1. The lowest BCUT2D eigenvalue weighted by Crippen LogP contribution is -2.71. The summed E-state index contributed by atoms with van der Waals surface area (Å²) in [7, 11) is 0. The molecule has 4 aliphatic carbocycles. The molecule has 4 N–H and O–H groups in total. The van der Waals surface area contributed by atoms with E-state index in [1.807, 2.05) is 6.20 Å². The van der Waals surface area contributed by atoms with Crippen molar-refractivity contribution in [1.82, 2.24) is 15.3 Å². The van der Waals surface area contributed by atoms with Gasteiger partial charge in [0.15, 0.2) is 0 Å². The van der Waals surface area contributed by atoms with E-state index in [2.05, 4.69) is 49.9 Å². The minimum absolute atomic E-state index is 0.0535. The van der Waals surface area contributed by atoms with Crippen molar-refractivity contribution in [2.24, 2.45) is 52.3 Å². The van der Waals surface area contributed by atoms with E-state index >= 15 is 0 Å². The van der Waals surface area contributed by atoms with Crippen molar-refractivity contribution in [1.29, 1.82) is 0 Å². The van der Waals surface area contributed by atoms with Gasteiger partial charge in [-0.1, -0.05) is 73.1 Å². The van der Waals surface area contributed by atoms with Gasteiger partial charge in [0, 0.05) is 37.0 Å². The normalized spacial score (nSPS) is 39.1. The van der Waals surface area contributed by atoms with Crippen LogP contribution in [0.2, 0.25) is 0 Å². The number of aliphatic carboxylic acids is 1. The molecular weight excluding hydrogens is 546 g/mol. The zero-order valence-electron chi connectivity index (χ0n) is 28.8. The molecule has 1 aromatic heterocycles. The third-order valence-electron chi connectivity index (χ3n) is 14.0. The molecule has 1 heterocycles. The van der Waals surface area contributed by atoms with Gasteiger partial charge >= 0.3 is 5.97 Å². The number of carbonyl (C=O) groups is 1. The van der Waals surface area contributed by atoms with E-state index in [0.717, 1.165) is 87.3 Å². The van der Waals surface area contributed by atoms with E-state index in [4.69, 9.17) is 5.11 Å². The maximum absolute atomic E-state index is 13.0. The average molecular weight is 612 g/mol. The van der Waals surface area contributed by atoms with Crippen molar-refractivity contribution in [2.45, 2.75) is 155 Å². The fraction of sp³-hybridized carbons (Fsp3) is 0.895. The van der Waals surface area contributed by atoms with Gasteiger partial charge in [-0.2, -0.15) is 0 Å². The summed E-state index contributed by atoms with van der Waals surface area (Å²) in [5.41, 5.74) is 0.776. The lowest BCUT2D eigenvalue weighted by atomic mass is 9.41. The van der Waals surface area contributed by atoms with Gasteiger partial charge in [-0.05, 0) is 105 Å². The van der Waals surface area contributed by atoms with Crippen LogP contribution in [-0.4, -0.2) is 44.3 Å². The molecule has 5 rings (SSSR count). The molecule has 0 bridgehead atoms. The van der Waals surface area contributed by atoms with Gasteiger partial charge < -0.3 is 20.5 Å². The quantitative estimate of drug-likeness (QED) is 0.149. The topological polar surface area (TPSA) is 98.2 Å². The lowest BCUT2D eigenvalue weighted by molar-refractivity contribution is -0.228. The summed E-state index contributed by atoms with van der Waals surface area (Å²) in [6, 6.07) is 0.118. The molecule has 0 aliphatic heterocycles. The van der Waals surface area contributed by atoms with Crippen LogP contribution in [0.15, 0.2) is 12.5 Å². The number of rotatable bonds is 15. The Morgan fingerprint density at radius 3 is 2.59 bits per heavy atom. The molecule has 0 spiro atoms. The highest BCUT2D eigenvalue weighted by atomic mass is 16.4. The van der Waals surface area contributed by atoms with Gasteiger partial charge in [-0.15, -0.1) is 0 Å². The number of aromatic nitrogens is 2. The Kier molecular flexibility index (Phi) is 10.9. The highest BCUT2D eigenvalue weighted by molar-refractivity contribution is 5.66. The van der Waals surface area contributed by atoms with Gasteiger partial charge in [0.1, 0.15) is 0 Å². The molecule has 44 heavy (non-hydrogen) atoms. The number of carboxylic acid groups (broad SMARTS) is 1. The second-order valence-corrected chi connectivity index (χ2v) is 16.9. The Balaban J connectivity index is 1.32. The molecule has 4 aliphatic rings. The first kappa shape index (κ1) is 33.9. The van der Waals surface area contributed by atoms with Gasteiger partial charge in [-0.3, -0.25) is 4.79 Å². The van der Waals surface area contributed by atoms with Crippen molar-refractivity contribution in [2.75, 3.05) is 6.54 Å². The zero-order chi connectivity index (χ0) is 31.5. The van der Waals surface area contributed by atoms with Crippen LogP contribution in [0.4, 0.5) is 0 Å². The van der Waals surface area contributed by atoms with Gasteiger partial charge in [-0.25, -0.2) is 4.98 Å². The van der Waals surface area contributed by atoms with Crippen LogP contribution in [0.1, 0.15) is 143 Å². The van der Waals surface area contributed by atoms with Crippen LogP contribution in [-0.2, 0) is 11.2 Å². The van der Waals surface area contributed by atoms with E-state index in [0.29, 0.717) is 23.2 Å². The predicted molar refractivity (Wildman–Crippen MR) is 178 cm³/mol. The van der Waals surface area contributed by atoms with Crippen molar-refractivity contribution < 1.29 is 15.0 Å². The van der Waals surface area contributed by atoms with Crippen LogP contribution >= 0.6 is 0 Å². The molecule has 0 saturated heterocycles. The Hall–Kier alpha value is -1.40. The maximum atomic E-state index is 13.0. The molecular formula is C38H65N3O3. The van der Waals surface area contributed by atoms with Crippen molar-refractivity contribution in [3.63, 3.8) is 0 Å². The third kappa shape index (κ3) is 6.82. The minimum Gasteiger partial charge on any atom is -0.481 e. The summed E-state index contributed by atoms with van der Waals surface area (Å²) in [5.74, 6) is 4.39. The van der Waals surface area contributed by atoms with Crippen molar-refractivity contribution in [3.8, 4) is 0 Å². The molecule has 1 aromatic rings. The largest absolute Gasteiger partial charge is 0.481 e. The Morgan fingerprint density at radius 1 is 1.05 bits per heavy atom. The van der Waals surface area contributed by atoms with Gasteiger partial charge in [0.05, 0.1) is 17.6 Å². The molecule has 0 radical (unpaired) electrons. The fourth-order valence-electron chi connectivity index (χ4n) is 11.6. The molecule has 10 atom stereocenters. The minimum atomic E-state index is -0.695. The number of H-pyrrole nitrogens is 1. The summed E-state index contributed by atoms with van der Waals surface area (Å²) in [4.78, 5) is 18.5. The van der Waals surface area contributed by atoms with Crippen LogP contribution in [0.3, 0.4) is 0 Å². The summed E-state index contributed by atoms with van der Waals surface area (Å²) >= 11 is 0. The summed E-state index contributed by atoms with van der Waals surface area (Å²) < 4.78 is 0. The third-order valence-corrected chi connectivity index (χ3v) is 14.0. The molecule has 0 aromatic carbocycles. The Morgan fingerprint density at radius 2 is 1.86 bits per heavy atom. The number of imidazole rings is 1. The standard InChI is InChI=1S/C38H65N3O3/c1-26(2)10-9-11-27(3)31-14-15-32-30-22-34(40-21-18-29-24-39-25-41-29)38(44)23-28(12-7-6-8-13-35(42)43)16-20-37(38,5)33(30)17-19-36(31,32)4/h24-28,30-34,40,44H,6-23H2,1-5H3,(H,39,41)(H,42,43)/t27?,28-,30-,31+,32-,33-,34+,36+,37+,38-/m0/s1. The number of fused-ring (bicyclic) bond motifs is 5. The highest BCUT2D eigenvalue weighted by Gasteiger charge is 2.67. The summed E-state index contributed by atoms with van der Waals surface area (Å²) in [5, 5.41) is 26.0. The Labute approximate surface area is 268 Å². The zero-order valence-corrected chi connectivity index (χ0v) is 28.8. The monoisotopic (exact) mass is 612 g/mol. The summed E-state index contributed by atoms with van der Waals surface area (Å²) in [6.07, 6.45) is 22.7. The summed E-state index contributed by atoms with van der Waals surface area (Å²) in [6.45, 7) is 13.3. The molecule has 1 unspecified atom stereocenters. The van der Waals surface area contributed by atoms with E-state index in [1.165, 1.54) is 51.4 Å². The number of nitrogens with one attached hydrogen (secondary N) is 2. The molecule has 0 amide bonds. The van der Waals surface area contributed by atoms with Gasteiger partial charge in [0.2, 0.25) is 0 Å². The number of hydrogen-bond acceptors (Lipinski definition) is 4. The van der Waals surface area contributed by atoms with Crippen LogP contribution in [0.5, 0.6) is 0 Å². The molecule has 250 valence electrons. The number of aliphatic hydroxyl groups is 1. The molecule has 6 nitrogen and oxygen atoms in total. The first-order valence-corrected chi connectivity index (χ1v) is 18.6. The smallest absolute Gasteiger partial charge is 0.303 e. The van der Waals surface area contributed by atoms with E-state index in [1.54, 1.807) is 6.33 Å². The second-order valence-electron chi connectivity index (χ2n) is 16.9. The SMILES string of the molecule is CC(C)CCCC(C)[C@H]1CC[C@H]2[C@@H]3C[C@@H](NCCc4c[nH]cn4)[C@@]4(O)C[C@@H](CCCCCC(=O)O)CC[C@]4(C)[C@H]3CC[C@]12C. The van der Waals surface area contributed by atoms with Crippen LogP contribution in [0.25, 0.3) is 0 Å². The average Bonchev–Trinajstić information content (AvgIpc) is 3.61. The number of unbranched alkanes of at least 4 members (excludes halogenated alkanes) is 2. The van der Waals surface area contributed by atoms with Crippen LogP contribution < -0.4 is 5.32 Å². The lowest BCUT2D eigenvalue weighted by Gasteiger charge is -2.67. The van der Waals surface area contributed by atoms with E-state index in [9.17, 15) is 9.90 Å².